The number of morpholine rings is 1. The van der Waals surface area contributed by atoms with Crippen molar-refractivity contribution in [3.05, 3.63) is 34.3 Å². The monoisotopic (exact) mass is 295 g/mol. The van der Waals surface area contributed by atoms with Crippen LogP contribution in [0.1, 0.15) is 24.0 Å². The van der Waals surface area contributed by atoms with Crippen LogP contribution in [-0.2, 0) is 21.5 Å². The lowest BCUT2D eigenvalue weighted by atomic mass is 9.95. The van der Waals surface area contributed by atoms with E-state index >= 15 is 0 Å². The quantitative estimate of drug-likeness (QED) is 0.926. The Kier molecular flexibility index (Phi) is 3.71. The number of aliphatic carboxylic acids is 1. The summed E-state index contributed by atoms with van der Waals surface area (Å²) < 4.78 is 5.33. The molecular formula is C15H18ClNO3. The Hall–Kier alpha value is -1.10. The number of carboxylic acid groups (broad SMARTS) is 1. The summed E-state index contributed by atoms with van der Waals surface area (Å²) in [5.74, 6) is -0.741. The first kappa shape index (κ1) is 13.9. The van der Waals surface area contributed by atoms with Gasteiger partial charge < -0.3 is 9.84 Å². The highest BCUT2D eigenvalue weighted by Crippen LogP contribution is 2.49. The Labute approximate surface area is 123 Å². The Morgan fingerprint density at radius 1 is 1.35 bits per heavy atom. The fraction of sp³-hybridized carbons (Fsp3) is 0.533. The van der Waals surface area contributed by atoms with Gasteiger partial charge in [-0.15, -0.1) is 0 Å². The Balaban J connectivity index is 1.76. The number of hydrogen-bond donors (Lipinski definition) is 1. The van der Waals surface area contributed by atoms with Gasteiger partial charge in [0.1, 0.15) is 0 Å². The van der Waals surface area contributed by atoms with Gasteiger partial charge in [0, 0.05) is 24.7 Å². The smallest absolute Gasteiger partial charge is 0.314 e. The van der Waals surface area contributed by atoms with Gasteiger partial charge in [-0.2, -0.15) is 0 Å². The first-order chi connectivity index (χ1) is 9.62. The average molecular weight is 296 g/mol. The number of rotatable bonds is 4. The molecule has 0 amide bonds. The molecule has 0 bridgehead atoms. The number of hydrogen-bond acceptors (Lipinski definition) is 3. The lowest BCUT2D eigenvalue weighted by Gasteiger charge is -2.27. The first-order valence-electron chi connectivity index (χ1n) is 6.94. The molecule has 2 fully saturated rings. The van der Waals surface area contributed by atoms with E-state index in [0.29, 0.717) is 17.9 Å². The molecule has 0 spiro atoms. The second kappa shape index (κ2) is 5.35. The maximum atomic E-state index is 11.3. The highest BCUT2D eigenvalue weighted by atomic mass is 35.5. The lowest BCUT2D eigenvalue weighted by Crippen LogP contribution is -2.35. The fourth-order valence-electron chi connectivity index (χ4n) is 2.72. The topological polar surface area (TPSA) is 49.8 Å². The number of carbonyl (C=O) groups is 1. The van der Waals surface area contributed by atoms with Crippen molar-refractivity contribution < 1.29 is 14.6 Å². The van der Waals surface area contributed by atoms with Crippen LogP contribution >= 0.6 is 11.6 Å². The van der Waals surface area contributed by atoms with Gasteiger partial charge >= 0.3 is 5.97 Å². The summed E-state index contributed by atoms with van der Waals surface area (Å²) in [6, 6.07) is 5.72. The molecule has 4 nitrogen and oxygen atoms in total. The normalized spacial score (nSPS) is 21.6. The molecule has 5 heteroatoms. The summed E-state index contributed by atoms with van der Waals surface area (Å²) >= 11 is 6.34. The molecule has 0 aromatic heterocycles. The van der Waals surface area contributed by atoms with Crippen LogP contribution < -0.4 is 0 Å². The molecule has 1 aliphatic heterocycles. The van der Waals surface area contributed by atoms with E-state index in [9.17, 15) is 9.90 Å². The van der Waals surface area contributed by atoms with Crippen LogP contribution in [0.15, 0.2) is 18.2 Å². The number of ether oxygens (including phenoxy) is 1. The second-order valence-electron chi connectivity index (χ2n) is 5.58. The predicted octanol–water partition coefficient (Wildman–Crippen LogP) is 2.29. The van der Waals surface area contributed by atoms with Gasteiger partial charge in [0.2, 0.25) is 0 Å². The van der Waals surface area contributed by atoms with Crippen LogP contribution in [0.5, 0.6) is 0 Å². The van der Waals surface area contributed by atoms with Crippen LogP contribution in [0.3, 0.4) is 0 Å². The van der Waals surface area contributed by atoms with Crippen molar-refractivity contribution in [1.82, 2.24) is 4.90 Å². The minimum absolute atomic E-state index is 0.668. The third kappa shape index (κ3) is 2.55. The molecule has 3 rings (SSSR count). The van der Waals surface area contributed by atoms with Crippen molar-refractivity contribution in [2.45, 2.75) is 24.8 Å². The van der Waals surface area contributed by atoms with Crippen LogP contribution in [0.4, 0.5) is 0 Å². The van der Waals surface area contributed by atoms with Gasteiger partial charge in [0.15, 0.2) is 0 Å². The zero-order valence-electron chi connectivity index (χ0n) is 11.3. The van der Waals surface area contributed by atoms with Crippen molar-refractivity contribution in [1.29, 1.82) is 0 Å². The van der Waals surface area contributed by atoms with Crippen LogP contribution in [-0.4, -0.2) is 42.3 Å². The van der Waals surface area contributed by atoms with Crippen molar-refractivity contribution in [3.8, 4) is 0 Å². The van der Waals surface area contributed by atoms with Crippen LogP contribution in [0, 0.1) is 0 Å². The van der Waals surface area contributed by atoms with E-state index in [0.717, 1.165) is 44.0 Å². The van der Waals surface area contributed by atoms with Gasteiger partial charge in [-0.1, -0.05) is 23.7 Å². The number of carboxylic acids is 1. The predicted molar refractivity (Wildman–Crippen MR) is 76.1 cm³/mol. The molecule has 0 radical (unpaired) electrons. The van der Waals surface area contributed by atoms with Crippen LogP contribution in [0.25, 0.3) is 0 Å². The maximum absolute atomic E-state index is 11.3. The second-order valence-corrected chi connectivity index (χ2v) is 5.99. The molecule has 1 heterocycles. The third-order valence-electron chi connectivity index (χ3n) is 4.26. The molecule has 1 aromatic rings. The van der Waals surface area contributed by atoms with Crippen molar-refractivity contribution >= 4 is 17.6 Å². The molecule has 0 unspecified atom stereocenters. The molecule has 1 saturated heterocycles. The van der Waals surface area contributed by atoms with E-state index in [1.807, 2.05) is 18.2 Å². The van der Waals surface area contributed by atoms with E-state index < -0.39 is 11.4 Å². The van der Waals surface area contributed by atoms with E-state index in [2.05, 4.69) is 4.90 Å². The van der Waals surface area contributed by atoms with Gasteiger partial charge in [0.05, 0.1) is 18.6 Å². The molecule has 108 valence electrons. The first-order valence-corrected chi connectivity index (χ1v) is 7.32. The summed E-state index contributed by atoms with van der Waals surface area (Å²) in [6.45, 7) is 4.15. The van der Waals surface area contributed by atoms with E-state index in [4.69, 9.17) is 16.3 Å². The van der Waals surface area contributed by atoms with E-state index in [1.54, 1.807) is 0 Å². The standard InChI is InChI=1S/C15H18ClNO3/c16-13-9-12(15(3-4-15)14(18)19)2-1-11(13)10-17-5-7-20-8-6-17/h1-2,9H,3-8,10H2,(H,18,19). The zero-order valence-corrected chi connectivity index (χ0v) is 12.0. The molecule has 1 N–H and O–H groups in total. The highest BCUT2D eigenvalue weighted by Gasteiger charge is 2.51. The third-order valence-corrected chi connectivity index (χ3v) is 4.61. The zero-order chi connectivity index (χ0) is 14.2. The van der Waals surface area contributed by atoms with Crippen molar-refractivity contribution in [2.24, 2.45) is 0 Å². The van der Waals surface area contributed by atoms with Crippen molar-refractivity contribution in [3.63, 3.8) is 0 Å². The molecule has 0 atom stereocenters. The SMILES string of the molecule is O=C(O)C1(c2ccc(CN3CCOCC3)c(Cl)c2)CC1. The lowest BCUT2D eigenvalue weighted by molar-refractivity contribution is -0.140. The molecule has 1 aromatic carbocycles. The van der Waals surface area contributed by atoms with Crippen molar-refractivity contribution in [2.75, 3.05) is 26.3 Å². The summed E-state index contributed by atoms with van der Waals surface area (Å²) in [4.78, 5) is 13.6. The Morgan fingerprint density at radius 3 is 2.60 bits per heavy atom. The number of halogens is 1. The van der Waals surface area contributed by atoms with E-state index in [1.165, 1.54) is 0 Å². The summed E-state index contributed by atoms with van der Waals surface area (Å²) in [5, 5.41) is 9.98. The maximum Gasteiger partial charge on any atom is 0.314 e. The number of nitrogens with zero attached hydrogens (tertiary/aromatic N) is 1. The summed E-state index contributed by atoms with van der Waals surface area (Å²) in [7, 11) is 0. The molecule has 1 aliphatic carbocycles. The van der Waals surface area contributed by atoms with Gasteiger partial charge in [-0.25, -0.2) is 0 Å². The Bertz CT molecular complexity index is 522. The van der Waals surface area contributed by atoms with Gasteiger partial charge in [0.25, 0.3) is 0 Å². The molecular weight excluding hydrogens is 278 g/mol. The Morgan fingerprint density at radius 2 is 2.05 bits per heavy atom. The fourth-order valence-corrected chi connectivity index (χ4v) is 2.96. The summed E-state index contributed by atoms with van der Waals surface area (Å²) in [5.41, 5.74) is 1.21. The minimum Gasteiger partial charge on any atom is -0.481 e. The van der Waals surface area contributed by atoms with Crippen LogP contribution in [0.2, 0.25) is 5.02 Å². The molecule has 20 heavy (non-hydrogen) atoms. The largest absolute Gasteiger partial charge is 0.481 e. The van der Waals surface area contributed by atoms with Gasteiger partial charge in [-0.3, -0.25) is 9.69 Å². The van der Waals surface area contributed by atoms with E-state index in [-0.39, 0.29) is 0 Å². The number of benzene rings is 1. The molecule has 2 aliphatic rings. The van der Waals surface area contributed by atoms with Gasteiger partial charge in [-0.05, 0) is 30.0 Å². The molecule has 1 saturated carbocycles. The minimum atomic E-state index is -0.741. The summed E-state index contributed by atoms with van der Waals surface area (Å²) in [6.07, 6.45) is 1.42. The average Bonchev–Trinajstić information content (AvgIpc) is 3.24. The highest BCUT2D eigenvalue weighted by molar-refractivity contribution is 6.31.